The van der Waals surface area contributed by atoms with Crippen LogP contribution in [0.25, 0.3) is 11.3 Å². The van der Waals surface area contributed by atoms with Crippen molar-refractivity contribution < 1.29 is 5.11 Å². The van der Waals surface area contributed by atoms with Crippen LogP contribution >= 0.6 is 0 Å². The maximum Gasteiger partial charge on any atom is 0.121 e. The van der Waals surface area contributed by atoms with Gasteiger partial charge in [0.2, 0.25) is 0 Å². The third kappa shape index (κ3) is 1.42. The molecule has 0 aliphatic heterocycles. The summed E-state index contributed by atoms with van der Waals surface area (Å²) in [6.07, 6.45) is 0. The van der Waals surface area contributed by atoms with Gasteiger partial charge in [0.1, 0.15) is 11.6 Å². The highest BCUT2D eigenvalue weighted by molar-refractivity contribution is 5.63. The fourth-order valence-electron chi connectivity index (χ4n) is 1.29. The number of nitrogens with two attached hydrogens (primary N) is 1. The summed E-state index contributed by atoms with van der Waals surface area (Å²) < 4.78 is 1.60. The molecule has 2 aromatic rings. The highest BCUT2D eigenvalue weighted by Gasteiger charge is 2.04. The summed E-state index contributed by atoms with van der Waals surface area (Å²) in [6, 6.07) is 8.70. The second-order valence-electron chi connectivity index (χ2n) is 3.13. The summed E-state index contributed by atoms with van der Waals surface area (Å²) >= 11 is 0. The molecule has 1 aromatic heterocycles. The van der Waals surface area contributed by atoms with Crippen molar-refractivity contribution in [1.29, 1.82) is 0 Å². The predicted molar refractivity (Wildman–Crippen MR) is 54.7 cm³/mol. The molecule has 0 bridgehead atoms. The van der Waals surface area contributed by atoms with E-state index < -0.39 is 0 Å². The first-order valence-corrected chi connectivity index (χ1v) is 4.26. The summed E-state index contributed by atoms with van der Waals surface area (Å²) in [5.41, 5.74) is 7.28. The van der Waals surface area contributed by atoms with Crippen LogP contribution < -0.4 is 5.73 Å². The van der Waals surface area contributed by atoms with Crippen LogP contribution in [0.5, 0.6) is 5.75 Å². The minimum absolute atomic E-state index is 0.228. The van der Waals surface area contributed by atoms with Crippen LogP contribution in [0.15, 0.2) is 30.3 Å². The number of aromatic nitrogens is 2. The van der Waals surface area contributed by atoms with E-state index in [2.05, 4.69) is 5.10 Å². The van der Waals surface area contributed by atoms with E-state index in [0.29, 0.717) is 5.82 Å². The second-order valence-corrected chi connectivity index (χ2v) is 3.13. The van der Waals surface area contributed by atoms with Crippen LogP contribution in [0.1, 0.15) is 0 Å². The van der Waals surface area contributed by atoms with E-state index in [4.69, 9.17) is 5.73 Å². The van der Waals surface area contributed by atoms with Crippen molar-refractivity contribution in [3.63, 3.8) is 0 Å². The van der Waals surface area contributed by atoms with Crippen LogP contribution in [-0.4, -0.2) is 14.9 Å². The van der Waals surface area contributed by atoms with E-state index in [1.807, 2.05) is 6.07 Å². The standard InChI is InChI=1S/C10H11N3O/c1-13-10(11)6-9(12-13)7-3-2-4-8(14)5-7/h2-6,14H,11H2,1H3. The Kier molecular flexibility index (Phi) is 1.89. The largest absolute Gasteiger partial charge is 0.508 e. The van der Waals surface area contributed by atoms with Gasteiger partial charge >= 0.3 is 0 Å². The van der Waals surface area contributed by atoms with E-state index >= 15 is 0 Å². The third-order valence-electron chi connectivity index (χ3n) is 2.06. The number of aromatic hydroxyl groups is 1. The first-order valence-electron chi connectivity index (χ1n) is 4.26. The Labute approximate surface area is 81.6 Å². The molecule has 0 saturated carbocycles. The van der Waals surface area contributed by atoms with Gasteiger partial charge in [-0.1, -0.05) is 12.1 Å². The lowest BCUT2D eigenvalue weighted by Gasteiger charge is -1.96. The van der Waals surface area contributed by atoms with Crippen molar-refractivity contribution in [2.45, 2.75) is 0 Å². The van der Waals surface area contributed by atoms with Gasteiger partial charge in [-0.25, -0.2) is 0 Å². The van der Waals surface area contributed by atoms with Gasteiger partial charge in [-0.2, -0.15) is 5.10 Å². The molecule has 3 N–H and O–H groups in total. The molecule has 0 unspecified atom stereocenters. The van der Waals surface area contributed by atoms with Crippen LogP contribution in [0.3, 0.4) is 0 Å². The van der Waals surface area contributed by atoms with E-state index in [1.54, 1.807) is 36.0 Å². The molecular formula is C10H11N3O. The number of anilines is 1. The number of aryl methyl sites for hydroxylation is 1. The lowest BCUT2D eigenvalue weighted by molar-refractivity contribution is 0.475. The van der Waals surface area contributed by atoms with E-state index in [9.17, 15) is 5.11 Å². The smallest absolute Gasteiger partial charge is 0.121 e. The molecule has 2 rings (SSSR count). The molecule has 14 heavy (non-hydrogen) atoms. The topological polar surface area (TPSA) is 64.1 Å². The third-order valence-corrected chi connectivity index (χ3v) is 2.06. The number of hydrogen-bond acceptors (Lipinski definition) is 3. The molecule has 0 amide bonds. The quantitative estimate of drug-likeness (QED) is 0.712. The van der Waals surface area contributed by atoms with Crippen molar-refractivity contribution in [3.05, 3.63) is 30.3 Å². The molecule has 0 atom stereocenters. The SMILES string of the molecule is Cn1nc(-c2cccc(O)c2)cc1N. The van der Waals surface area contributed by atoms with Gasteiger partial charge in [-0.05, 0) is 12.1 Å². The van der Waals surface area contributed by atoms with Crippen molar-refractivity contribution in [3.8, 4) is 17.0 Å². The molecule has 72 valence electrons. The predicted octanol–water partition coefficient (Wildman–Crippen LogP) is 1.37. The monoisotopic (exact) mass is 189 g/mol. The molecule has 0 aliphatic rings. The van der Waals surface area contributed by atoms with Crippen molar-refractivity contribution in [2.24, 2.45) is 7.05 Å². The van der Waals surface area contributed by atoms with E-state index in [0.717, 1.165) is 11.3 Å². The molecule has 0 radical (unpaired) electrons. The van der Waals surface area contributed by atoms with Crippen molar-refractivity contribution >= 4 is 5.82 Å². The van der Waals surface area contributed by atoms with Gasteiger partial charge in [0.25, 0.3) is 0 Å². The molecule has 0 saturated heterocycles. The summed E-state index contributed by atoms with van der Waals surface area (Å²) in [5.74, 6) is 0.829. The van der Waals surface area contributed by atoms with E-state index in [1.165, 1.54) is 0 Å². The number of nitrogen functional groups attached to an aromatic ring is 1. The number of rotatable bonds is 1. The zero-order valence-electron chi connectivity index (χ0n) is 7.81. The number of benzene rings is 1. The average Bonchev–Trinajstić information content (AvgIpc) is 2.47. The van der Waals surface area contributed by atoms with E-state index in [-0.39, 0.29) is 5.75 Å². The Bertz CT molecular complexity index is 443. The first kappa shape index (κ1) is 8.62. The van der Waals surface area contributed by atoms with Crippen LogP contribution in [-0.2, 0) is 7.05 Å². The Morgan fingerprint density at radius 1 is 1.36 bits per heavy atom. The molecule has 4 heteroatoms. The molecule has 4 nitrogen and oxygen atoms in total. The van der Waals surface area contributed by atoms with Gasteiger partial charge in [0.15, 0.2) is 0 Å². The summed E-state index contributed by atoms with van der Waals surface area (Å²) in [4.78, 5) is 0. The fraction of sp³-hybridized carbons (Fsp3) is 0.100. The minimum Gasteiger partial charge on any atom is -0.508 e. The Morgan fingerprint density at radius 3 is 2.71 bits per heavy atom. The zero-order chi connectivity index (χ0) is 10.1. The lowest BCUT2D eigenvalue weighted by Crippen LogP contribution is -1.96. The van der Waals surface area contributed by atoms with Crippen LogP contribution in [0.2, 0.25) is 0 Å². The summed E-state index contributed by atoms with van der Waals surface area (Å²) in [7, 11) is 1.78. The van der Waals surface area contributed by atoms with Crippen molar-refractivity contribution in [1.82, 2.24) is 9.78 Å². The van der Waals surface area contributed by atoms with Gasteiger partial charge < -0.3 is 10.8 Å². The Morgan fingerprint density at radius 2 is 2.14 bits per heavy atom. The highest BCUT2D eigenvalue weighted by Crippen LogP contribution is 2.22. The molecule has 0 aliphatic carbocycles. The fourth-order valence-corrected chi connectivity index (χ4v) is 1.29. The molecule has 1 aromatic carbocycles. The van der Waals surface area contributed by atoms with Gasteiger partial charge in [0, 0.05) is 18.7 Å². The maximum atomic E-state index is 9.28. The normalized spacial score (nSPS) is 10.4. The molecule has 1 heterocycles. The van der Waals surface area contributed by atoms with Gasteiger partial charge in [-0.15, -0.1) is 0 Å². The van der Waals surface area contributed by atoms with Crippen LogP contribution in [0, 0.1) is 0 Å². The van der Waals surface area contributed by atoms with Crippen molar-refractivity contribution in [2.75, 3.05) is 5.73 Å². The Balaban J connectivity index is 2.49. The van der Waals surface area contributed by atoms with Crippen LogP contribution in [0.4, 0.5) is 5.82 Å². The molecule has 0 spiro atoms. The minimum atomic E-state index is 0.228. The maximum absolute atomic E-state index is 9.28. The Hall–Kier alpha value is -1.97. The average molecular weight is 189 g/mol. The summed E-state index contributed by atoms with van der Waals surface area (Å²) in [6.45, 7) is 0. The number of phenols is 1. The lowest BCUT2D eigenvalue weighted by atomic mass is 10.1. The molecule has 0 fully saturated rings. The second kappa shape index (κ2) is 3.06. The zero-order valence-corrected chi connectivity index (χ0v) is 7.81. The number of nitrogens with zero attached hydrogens (tertiary/aromatic N) is 2. The molecular weight excluding hydrogens is 178 g/mol. The highest BCUT2D eigenvalue weighted by atomic mass is 16.3. The van der Waals surface area contributed by atoms with Gasteiger partial charge in [-0.3, -0.25) is 4.68 Å². The summed E-state index contributed by atoms with van der Waals surface area (Å²) in [5, 5.41) is 13.5. The van der Waals surface area contributed by atoms with Gasteiger partial charge in [0.05, 0.1) is 5.69 Å². The number of phenolic OH excluding ortho intramolecular Hbond substituents is 1. The number of hydrogen-bond donors (Lipinski definition) is 2. The first-order chi connectivity index (χ1) is 6.66.